The minimum absolute atomic E-state index is 0.135. The highest BCUT2D eigenvalue weighted by Crippen LogP contribution is 2.04. The molecule has 2 heterocycles. The summed E-state index contributed by atoms with van der Waals surface area (Å²) in [4.78, 5) is 11.3. The molecule has 6 nitrogen and oxygen atoms in total. The number of aliphatic hydroxyl groups excluding tert-OH is 1. The molecule has 0 aliphatic carbocycles. The van der Waals surface area contributed by atoms with E-state index in [4.69, 9.17) is 5.11 Å². The molecule has 2 aromatic rings. The van der Waals surface area contributed by atoms with E-state index in [0.29, 0.717) is 0 Å². The summed E-state index contributed by atoms with van der Waals surface area (Å²) in [7, 11) is 0. The van der Waals surface area contributed by atoms with E-state index in [2.05, 4.69) is 17.1 Å². The van der Waals surface area contributed by atoms with Gasteiger partial charge in [-0.3, -0.25) is 9.48 Å². The monoisotopic (exact) mass is 234 g/mol. The molecule has 0 unspecified atom stereocenters. The quantitative estimate of drug-likeness (QED) is 0.827. The van der Waals surface area contributed by atoms with Gasteiger partial charge in [-0.05, 0) is 6.42 Å². The van der Waals surface area contributed by atoms with E-state index >= 15 is 0 Å². The summed E-state index contributed by atoms with van der Waals surface area (Å²) >= 11 is 0. The Morgan fingerprint density at radius 3 is 3.00 bits per heavy atom. The van der Waals surface area contributed by atoms with Gasteiger partial charge in [0.2, 0.25) is 5.43 Å². The van der Waals surface area contributed by atoms with Crippen LogP contribution < -0.4 is 5.43 Å². The molecular formula is C11H14N4O2. The Balaban J connectivity index is 2.35. The van der Waals surface area contributed by atoms with Gasteiger partial charge in [-0.15, -0.1) is 0 Å². The lowest BCUT2D eigenvalue weighted by Crippen LogP contribution is -2.15. The minimum Gasteiger partial charge on any atom is -0.390 e. The first-order chi connectivity index (χ1) is 8.24. The topological polar surface area (TPSA) is 72.9 Å². The van der Waals surface area contributed by atoms with Crippen LogP contribution in [0.4, 0.5) is 0 Å². The molecule has 0 aliphatic heterocycles. The van der Waals surface area contributed by atoms with Crippen LogP contribution in [0.25, 0.3) is 5.69 Å². The lowest BCUT2D eigenvalue weighted by atomic mass is 10.4. The van der Waals surface area contributed by atoms with Crippen LogP contribution in [0, 0.1) is 0 Å². The van der Waals surface area contributed by atoms with E-state index in [-0.39, 0.29) is 17.7 Å². The number of aromatic nitrogens is 4. The summed E-state index contributed by atoms with van der Waals surface area (Å²) in [5, 5.41) is 17.2. The zero-order chi connectivity index (χ0) is 12.3. The van der Waals surface area contributed by atoms with Gasteiger partial charge in [0.1, 0.15) is 11.4 Å². The Hall–Kier alpha value is -1.95. The summed E-state index contributed by atoms with van der Waals surface area (Å²) in [5.41, 5.74) is 0.647. The number of aliphatic hydroxyl groups is 1. The van der Waals surface area contributed by atoms with E-state index in [1.165, 1.54) is 10.7 Å². The second-order valence-corrected chi connectivity index (χ2v) is 3.69. The molecule has 1 N–H and O–H groups in total. The van der Waals surface area contributed by atoms with Crippen molar-refractivity contribution < 1.29 is 5.11 Å². The van der Waals surface area contributed by atoms with Crippen LogP contribution in [0.15, 0.2) is 29.5 Å². The van der Waals surface area contributed by atoms with Gasteiger partial charge in [0.25, 0.3) is 0 Å². The molecule has 0 spiro atoms. The molecule has 90 valence electrons. The predicted molar refractivity (Wildman–Crippen MR) is 61.8 cm³/mol. The number of nitrogens with zero attached hydrogens (tertiary/aromatic N) is 4. The number of hydrogen-bond donors (Lipinski definition) is 1. The molecule has 2 rings (SSSR count). The average Bonchev–Trinajstić information content (AvgIpc) is 2.79. The van der Waals surface area contributed by atoms with Gasteiger partial charge < -0.3 is 5.11 Å². The van der Waals surface area contributed by atoms with Gasteiger partial charge in [-0.1, -0.05) is 6.92 Å². The van der Waals surface area contributed by atoms with Crippen molar-refractivity contribution in [1.29, 1.82) is 0 Å². The Morgan fingerprint density at radius 1 is 1.47 bits per heavy atom. The predicted octanol–water partition coefficient (Wildman–Crippen LogP) is 0.331. The summed E-state index contributed by atoms with van der Waals surface area (Å²) in [6.07, 6.45) is 6.09. The fraction of sp³-hybridized carbons (Fsp3) is 0.364. The third kappa shape index (κ3) is 2.42. The Morgan fingerprint density at radius 2 is 2.29 bits per heavy atom. The summed E-state index contributed by atoms with van der Waals surface area (Å²) in [6.45, 7) is 2.55. The SMILES string of the molecule is CCCn1cc(-n2ccc(=O)c(CO)n2)cn1. The van der Waals surface area contributed by atoms with Crippen LogP contribution >= 0.6 is 0 Å². The van der Waals surface area contributed by atoms with Crippen molar-refractivity contribution in [3.05, 3.63) is 40.6 Å². The van der Waals surface area contributed by atoms with Crippen molar-refractivity contribution in [2.45, 2.75) is 26.5 Å². The van der Waals surface area contributed by atoms with E-state index in [9.17, 15) is 4.79 Å². The normalized spacial score (nSPS) is 10.7. The average molecular weight is 234 g/mol. The first-order valence-corrected chi connectivity index (χ1v) is 5.47. The van der Waals surface area contributed by atoms with Crippen LogP contribution in [-0.4, -0.2) is 24.7 Å². The van der Waals surface area contributed by atoms with Gasteiger partial charge in [-0.25, -0.2) is 4.68 Å². The van der Waals surface area contributed by atoms with Crippen LogP contribution in [0.2, 0.25) is 0 Å². The van der Waals surface area contributed by atoms with E-state index in [0.717, 1.165) is 18.7 Å². The molecular weight excluding hydrogens is 220 g/mol. The van der Waals surface area contributed by atoms with Gasteiger partial charge >= 0.3 is 0 Å². The van der Waals surface area contributed by atoms with Gasteiger partial charge in [0, 0.05) is 18.8 Å². The first-order valence-electron chi connectivity index (χ1n) is 5.47. The zero-order valence-corrected chi connectivity index (χ0v) is 9.58. The van der Waals surface area contributed by atoms with E-state index in [1.807, 2.05) is 10.9 Å². The lowest BCUT2D eigenvalue weighted by molar-refractivity contribution is 0.273. The molecule has 2 aromatic heterocycles. The molecule has 0 saturated carbocycles. The summed E-state index contributed by atoms with van der Waals surface area (Å²) in [6, 6.07) is 1.38. The van der Waals surface area contributed by atoms with Crippen molar-refractivity contribution in [2.24, 2.45) is 0 Å². The third-order valence-electron chi connectivity index (χ3n) is 2.37. The summed E-state index contributed by atoms with van der Waals surface area (Å²) in [5.74, 6) is 0. The molecule has 0 atom stereocenters. The fourth-order valence-electron chi connectivity index (χ4n) is 1.52. The highest BCUT2D eigenvalue weighted by molar-refractivity contribution is 5.24. The van der Waals surface area contributed by atoms with E-state index < -0.39 is 0 Å². The molecule has 0 amide bonds. The van der Waals surface area contributed by atoms with Crippen molar-refractivity contribution >= 4 is 0 Å². The highest BCUT2D eigenvalue weighted by atomic mass is 16.3. The Bertz CT molecular complexity index is 559. The smallest absolute Gasteiger partial charge is 0.205 e. The molecule has 0 aliphatic rings. The maximum absolute atomic E-state index is 11.3. The lowest BCUT2D eigenvalue weighted by Gasteiger charge is -2.02. The van der Waals surface area contributed by atoms with Crippen LogP contribution in [-0.2, 0) is 13.2 Å². The third-order valence-corrected chi connectivity index (χ3v) is 2.37. The van der Waals surface area contributed by atoms with Crippen LogP contribution in [0.3, 0.4) is 0 Å². The number of rotatable bonds is 4. The second kappa shape index (κ2) is 4.92. The van der Waals surface area contributed by atoms with Crippen molar-refractivity contribution in [1.82, 2.24) is 19.6 Å². The molecule has 0 fully saturated rings. The van der Waals surface area contributed by atoms with Crippen molar-refractivity contribution in [3.8, 4) is 5.69 Å². The molecule has 17 heavy (non-hydrogen) atoms. The fourth-order valence-corrected chi connectivity index (χ4v) is 1.52. The second-order valence-electron chi connectivity index (χ2n) is 3.69. The molecule has 0 saturated heterocycles. The zero-order valence-electron chi connectivity index (χ0n) is 9.58. The Labute approximate surface area is 98.1 Å². The molecule has 0 radical (unpaired) electrons. The van der Waals surface area contributed by atoms with Gasteiger partial charge in [0.05, 0.1) is 19.0 Å². The number of hydrogen-bond acceptors (Lipinski definition) is 4. The van der Waals surface area contributed by atoms with Gasteiger partial charge in [0.15, 0.2) is 0 Å². The summed E-state index contributed by atoms with van der Waals surface area (Å²) < 4.78 is 3.35. The van der Waals surface area contributed by atoms with Crippen LogP contribution in [0.1, 0.15) is 19.0 Å². The van der Waals surface area contributed by atoms with Crippen molar-refractivity contribution in [3.63, 3.8) is 0 Å². The van der Waals surface area contributed by atoms with Crippen molar-refractivity contribution in [2.75, 3.05) is 0 Å². The molecule has 0 bridgehead atoms. The standard InChI is InChI=1S/C11H14N4O2/c1-2-4-14-7-9(6-12-14)15-5-3-11(17)10(8-16)13-15/h3,5-7,16H,2,4,8H2,1H3. The maximum atomic E-state index is 11.3. The maximum Gasteiger partial charge on any atom is 0.205 e. The Kier molecular flexibility index (Phi) is 3.34. The largest absolute Gasteiger partial charge is 0.390 e. The number of aryl methyl sites for hydroxylation is 1. The minimum atomic E-state index is -0.358. The molecule has 6 heteroatoms. The van der Waals surface area contributed by atoms with Gasteiger partial charge in [-0.2, -0.15) is 10.2 Å². The molecule has 0 aromatic carbocycles. The van der Waals surface area contributed by atoms with E-state index in [1.54, 1.807) is 12.4 Å². The highest BCUT2D eigenvalue weighted by Gasteiger charge is 2.04. The van der Waals surface area contributed by atoms with Crippen LogP contribution in [0.5, 0.6) is 0 Å². The first kappa shape index (κ1) is 11.5.